The SMILES string of the molecule is CC1(C)CC(CC(NC(=O)[C@H](CC2CCCCC2)SNC(=O)OC(c2cccc(F)c2)C(C)(C)c2cccc(Cl)c2)C(=O)C(C#N)=S2CCCC2)C(=O)N1. The van der Waals surface area contributed by atoms with Gasteiger partial charge in [0.25, 0.3) is 0 Å². The van der Waals surface area contributed by atoms with Crippen molar-refractivity contribution < 1.29 is 28.3 Å². The summed E-state index contributed by atoms with van der Waals surface area (Å²) < 4.78 is 23.3. The molecule has 3 unspecified atom stereocenters. The molecule has 13 heteroatoms. The van der Waals surface area contributed by atoms with Crippen LogP contribution in [0.2, 0.25) is 5.02 Å². The quantitative estimate of drug-likeness (QED) is 0.129. The summed E-state index contributed by atoms with van der Waals surface area (Å²) in [5.41, 5.74) is -0.0722. The van der Waals surface area contributed by atoms with Crippen LogP contribution < -0.4 is 15.4 Å². The molecule has 5 rings (SSSR count). The van der Waals surface area contributed by atoms with Gasteiger partial charge in [-0.05, 0) is 111 Å². The molecule has 54 heavy (non-hydrogen) atoms. The largest absolute Gasteiger partial charge is 0.440 e. The number of amides is 3. The Morgan fingerprint density at radius 1 is 1.07 bits per heavy atom. The maximum Gasteiger partial charge on any atom is 0.417 e. The smallest absolute Gasteiger partial charge is 0.417 e. The van der Waals surface area contributed by atoms with E-state index in [1.165, 1.54) is 12.1 Å². The molecular weight excluding hydrogens is 747 g/mol. The number of ketones is 1. The molecule has 0 spiro atoms. The summed E-state index contributed by atoms with van der Waals surface area (Å²) in [5, 5.41) is 15.8. The standard InChI is InChI=1S/C41H52ClFN4O5S2/c1-40(2)24-28(37(49)46-40)22-32(35(48)34(25-44)54-18-8-9-19-54)45-38(50)33(20-26-12-6-5-7-13-26)53-47-39(51)52-36(27-14-10-17-31(43)21-27)41(3,4)29-15-11-16-30(42)23-29/h10-11,14-17,21,23,26,28,32-33,36H,5-9,12-13,18-20,22,24H2,1-4H3,(H,45,50)(H,46,49)(H,47,51)/t28?,32?,33-,36?/m0/s1. The molecule has 3 amide bonds. The molecule has 9 nitrogen and oxygen atoms in total. The lowest BCUT2D eigenvalue weighted by molar-refractivity contribution is -0.127. The van der Waals surface area contributed by atoms with Crippen LogP contribution in [0.1, 0.15) is 109 Å². The minimum absolute atomic E-state index is 0.0758. The molecule has 3 fully saturated rings. The summed E-state index contributed by atoms with van der Waals surface area (Å²) in [5.74, 6) is -0.278. The average molecular weight is 799 g/mol. The van der Waals surface area contributed by atoms with E-state index >= 15 is 0 Å². The van der Waals surface area contributed by atoms with Crippen molar-refractivity contribution in [2.24, 2.45) is 11.8 Å². The van der Waals surface area contributed by atoms with Crippen molar-refractivity contribution >= 4 is 62.6 Å². The first-order valence-electron chi connectivity index (χ1n) is 18.9. The van der Waals surface area contributed by atoms with Crippen LogP contribution in [0.4, 0.5) is 9.18 Å². The first-order valence-corrected chi connectivity index (χ1v) is 21.7. The van der Waals surface area contributed by atoms with Gasteiger partial charge in [0.2, 0.25) is 17.6 Å². The van der Waals surface area contributed by atoms with Crippen LogP contribution in [0.5, 0.6) is 0 Å². The predicted molar refractivity (Wildman–Crippen MR) is 215 cm³/mol. The summed E-state index contributed by atoms with van der Waals surface area (Å²) in [6.45, 7) is 7.61. The van der Waals surface area contributed by atoms with Crippen molar-refractivity contribution in [2.75, 3.05) is 11.5 Å². The first-order chi connectivity index (χ1) is 25.7. The van der Waals surface area contributed by atoms with Crippen molar-refractivity contribution in [3.05, 3.63) is 70.5 Å². The summed E-state index contributed by atoms with van der Waals surface area (Å²) in [7, 11) is -0.485. The van der Waals surface area contributed by atoms with Crippen molar-refractivity contribution in [2.45, 2.75) is 120 Å². The lowest BCUT2D eigenvalue weighted by Gasteiger charge is -2.35. The maximum absolute atomic E-state index is 14.5. The van der Waals surface area contributed by atoms with E-state index in [-0.39, 0.29) is 23.1 Å². The first kappa shape index (κ1) is 41.8. The van der Waals surface area contributed by atoms with Gasteiger partial charge in [-0.1, -0.05) is 81.8 Å². The highest BCUT2D eigenvalue weighted by atomic mass is 35.5. The van der Waals surface area contributed by atoms with E-state index in [1.54, 1.807) is 30.3 Å². The number of carbonyl (C=O) groups excluding carboxylic acids is 4. The van der Waals surface area contributed by atoms with Crippen LogP contribution in [-0.2, 0) is 24.5 Å². The molecule has 3 N–H and O–H groups in total. The Bertz CT molecular complexity index is 1780. The third kappa shape index (κ3) is 10.9. The minimum atomic E-state index is -1.07. The van der Waals surface area contributed by atoms with Gasteiger partial charge in [0, 0.05) is 21.9 Å². The zero-order chi connectivity index (χ0) is 39.0. The van der Waals surface area contributed by atoms with Gasteiger partial charge in [0.05, 0.1) is 6.04 Å². The van der Waals surface area contributed by atoms with Crippen molar-refractivity contribution in [1.29, 1.82) is 5.26 Å². The number of nitrogens with zero attached hydrogens (tertiary/aromatic N) is 1. The Morgan fingerprint density at radius 2 is 1.78 bits per heavy atom. The van der Waals surface area contributed by atoms with E-state index in [4.69, 9.17) is 16.3 Å². The molecule has 2 saturated heterocycles. The molecule has 1 saturated carbocycles. The van der Waals surface area contributed by atoms with Crippen LogP contribution in [0.15, 0.2) is 48.5 Å². The maximum atomic E-state index is 14.5. The average Bonchev–Trinajstić information content (AvgIpc) is 3.75. The number of ether oxygens (including phenoxy) is 1. The van der Waals surface area contributed by atoms with Gasteiger partial charge >= 0.3 is 6.09 Å². The Kier molecular flexibility index (Phi) is 14.3. The molecule has 3 aliphatic rings. The second kappa shape index (κ2) is 18.5. The van der Waals surface area contributed by atoms with E-state index in [1.807, 2.05) is 33.8 Å². The zero-order valence-corrected chi connectivity index (χ0v) is 33.9. The van der Waals surface area contributed by atoms with E-state index in [0.29, 0.717) is 23.4 Å². The Morgan fingerprint density at radius 3 is 2.41 bits per heavy atom. The number of halogens is 2. The molecule has 2 aromatic carbocycles. The fraction of sp³-hybridized carbons (Fsp3) is 0.561. The highest BCUT2D eigenvalue weighted by molar-refractivity contribution is 8.17. The Labute approximate surface area is 330 Å². The van der Waals surface area contributed by atoms with E-state index in [9.17, 15) is 28.8 Å². The van der Waals surface area contributed by atoms with Crippen LogP contribution in [0.25, 0.3) is 0 Å². The predicted octanol–water partition coefficient (Wildman–Crippen LogP) is 8.33. The minimum Gasteiger partial charge on any atom is -0.440 e. The number of hydrogen-bond acceptors (Lipinski definition) is 7. The highest BCUT2D eigenvalue weighted by Crippen LogP contribution is 2.41. The molecular formula is C41H52ClFN4O5S2. The van der Waals surface area contributed by atoms with Crippen molar-refractivity contribution in [3.8, 4) is 6.07 Å². The second-order valence-corrected chi connectivity index (χ2v) is 19.7. The third-order valence-corrected chi connectivity index (χ3v) is 14.5. The normalized spacial score (nSPS) is 20.6. The molecule has 0 radical (unpaired) electrons. The summed E-state index contributed by atoms with van der Waals surface area (Å²) in [4.78, 5) is 55.2. The lowest BCUT2D eigenvalue weighted by Crippen LogP contribution is -2.49. The third-order valence-electron chi connectivity index (χ3n) is 10.8. The number of Topliss-reactive ketones (excluding diaryl/α,β-unsaturated/α-hetero) is 1. The number of nitrogens with one attached hydrogen (secondary N) is 3. The van der Waals surface area contributed by atoms with Crippen molar-refractivity contribution in [1.82, 2.24) is 15.4 Å². The number of benzene rings is 2. The van der Waals surface area contributed by atoms with Gasteiger partial charge < -0.3 is 15.4 Å². The van der Waals surface area contributed by atoms with E-state index in [0.717, 1.165) is 74.0 Å². The Hall–Kier alpha value is -3.40. The Balaban J connectivity index is 1.38. The van der Waals surface area contributed by atoms with Gasteiger partial charge in [0.1, 0.15) is 28.1 Å². The van der Waals surface area contributed by atoms with Crippen LogP contribution >= 0.6 is 34.0 Å². The molecule has 2 aliphatic heterocycles. The van der Waals surface area contributed by atoms with Gasteiger partial charge in [-0.2, -0.15) is 15.7 Å². The van der Waals surface area contributed by atoms with E-state index in [2.05, 4.69) is 21.4 Å². The van der Waals surface area contributed by atoms with Crippen LogP contribution in [0, 0.1) is 29.0 Å². The topological polar surface area (TPSA) is 137 Å². The van der Waals surface area contributed by atoms with Crippen LogP contribution in [-0.4, -0.2) is 56.9 Å². The monoisotopic (exact) mass is 798 g/mol. The summed E-state index contributed by atoms with van der Waals surface area (Å²) in [6.07, 6.45) is 6.26. The molecule has 0 bridgehead atoms. The molecule has 1 aliphatic carbocycles. The van der Waals surface area contributed by atoms with Crippen molar-refractivity contribution in [3.63, 3.8) is 0 Å². The number of nitriles is 1. The fourth-order valence-corrected chi connectivity index (χ4v) is 11.3. The second-order valence-electron chi connectivity index (χ2n) is 16.0. The summed E-state index contributed by atoms with van der Waals surface area (Å²) in [6, 6.07) is 14.2. The van der Waals surface area contributed by atoms with E-state index < -0.39 is 68.4 Å². The molecule has 4 atom stereocenters. The zero-order valence-electron chi connectivity index (χ0n) is 31.6. The molecule has 2 aromatic rings. The number of hydrogen-bond donors (Lipinski definition) is 3. The van der Waals surface area contributed by atoms with Crippen LogP contribution in [0.3, 0.4) is 0 Å². The van der Waals surface area contributed by atoms with Gasteiger partial charge in [0.15, 0.2) is 0 Å². The van der Waals surface area contributed by atoms with Gasteiger partial charge in [-0.15, -0.1) is 0 Å². The summed E-state index contributed by atoms with van der Waals surface area (Å²) >= 11 is 7.25. The van der Waals surface area contributed by atoms with Gasteiger partial charge in [-0.25, -0.2) is 9.18 Å². The number of carbonyl (C=O) groups is 4. The van der Waals surface area contributed by atoms with Gasteiger partial charge in [-0.3, -0.25) is 19.1 Å². The lowest BCUT2D eigenvalue weighted by atomic mass is 9.76. The fourth-order valence-electron chi connectivity index (χ4n) is 7.97. The number of rotatable bonds is 14. The molecule has 292 valence electrons. The molecule has 2 heterocycles. The highest BCUT2D eigenvalue weighted by Gasteiger charge is 2.42. The molecule has 0 aromatic heterocycles.